The molecule has 0 saturated carbocycles. The van der Waals surface area contributed by atoms with E-state index in [-0.39, 0.29) is 0 Å². The first kappa shape index (κ1) is 12.5. The number of benzene rings is 3. The van der Waals surface area contributed by atoms with Crippen LogP contribution in [0.3, 0.4) is 0 Å². The molecule has 0 aliphatic heterocycles. The third-order valence-corrected chi connectivity index (χ3v) is 3.73. The zero-order valence-corrected chi connectivity index (χ0v) is 11.7. The van der Waals surface area contributed by atoms with Gasteiger partial charge in [-0.3, -0.25) is 0 Å². The summed E-state index contributed by atoms with van der Waals surface area (Å²) in [7, 11) is 1.69. The normalized spacial score (nSPS) is 10.7. The highest BCUT2D eigenvalue weighted by Crippen LogP contribution is 2.30. The van der Waals surface area contributed by atoms with Gasteiger partial charge < -0.3 is 10.5 Å². The Morgan fingerprint density at radius 2 is 1.65 bits per heavy atom. The first-order valence-electron chi connectivity index (χ1n) is 6.62. The van der Waals surface area contributed by atoms with Gasteiger partial charge in [0.1, 0.15) is 5.75 Å². The van der Waals surface area contributed by atoms with Gasteiger partial charge in [0.15, 0.2) is 0 Å². The van der Waals surface area contributed by atoms with Gasteiger partial charge in [0, 0.05) is 5.69 Å². The minimum atomic E-state index is 0.831. The van der Waals surface area contributed by atoms with E-state index in [0.717, 1.165) is 17.0 Å². The topological polar surface area (TPSA) is 35.2 Å². The molecule has 100 valence electrons. The van der Waals surface area contributed by atoms with Gasteiger partial charge in [0.05, 0.1) is 7.11 Å². The molecule has 3 rings (SSSR count). The second kappa shape index (κ2) is 4.89. The van der Waals surface area contributed by atoms with Crippen molar-refractivity contribution in [3.8, 4) is 16.9 Å². The van der Waals surface area contributed by atoms with E-state index < -0.39 is 0 Å². The van der Waals surface area contributed by atoms with E-state index in [9.17, 15) is 0 Å². The highest BCUT2D eigenvalue weighted by Gasteiger charge is 2.05. The van der Waals surface area contributed by atoms with Gasteiger partial charge >= 0.3 is 0 Å². The monoisotopic (exact) mass is 263 g/mol. The smallest absolute Gasteiger partial charge is 0.119 e. The fourth-order valence-electron chi connectivity index (χ4n) is 2.48. The van der Waals surface area contributed by atoms with Crippen molar-refractivity contribution in [3.05, 3.63) is 60.2 Å². The second-order valence-electron chi connectivity index (χ2n) is 4.95. The highest BCUT2D eigenvalue weighted by atomic mass is 16.5. The standard InChI is InChI=1S/C18H17NO/c1-12-17(4-3-5-18(12)19)15-7-6-14-11-16(20-2)9-8-13(14)10-15/h3-11H,19H2,1-2H3. The second-order valence-corrected chi connectivity index (χ2v) is 4.95. The van der Waals surface area contributed by atoms with Crippen molar-refractivity contribution in [2.75, 3.05) is 12.8 Å². The summed E-state index contributed by atoms with van der Waals surface area (Å²) in [6, 6.07) is 18.6. The van der Waals surface area contributed by atoms with Crippen LogP contribution in [-0.2, 0) is 0 Å². The van der Waals surface area contributed by atoms with Gasteiger partial charge in [-0.05, 0) is 58.7 Å². The lowest BCUT2D eigenvalue weighted by Crippen LogP contribution is -1.92. The van der Waals surface area contributed by atoms with E-state index >= 15 is 0 Å². The predicted octanol–water partition coefficient (Wildman–Crippen LogP) is 4.41. The van der Waals surface area contributed by atoms with Gasteiger partial charge in [0.25, 0.3) is 0 Å². The molecule has 2 N–H and O–H groups in total. The Kier molecular flexibility index (Phi) is 3.07. The Bertz CT molecular complexity index is 777. The van der Waals surface area contributed by atoms with Crippen molar-refractivity contribution >= 4 is 16.5 Å². The number of rotatable bonds is 2. The number of ether oxygens (including phenoxy) is 1. The third kappa shape index (κ3) is 2.10. The van der Waals surface area contributed by atoms with Crippen LogP contribution >= 0.6 is 0 Å². The van der Waals surface area contributed by atoms with E-state index in [1.165, 1.54) is 21.9 Å². The number of nitrogens with two attached hydrogens (primary N) is 1. The molecule has 0 atom stereocenters. The zero-order valence-electron chi connectivity index (χ0n) is 11.7. The van der Waals surface area contributed by atoms with Crippen molar-refractivity contribution in [1.29, 1.82) is 0 Å². The van der Waals surface area contributed by atoms with Crippen LogP contribution in [0.4, 0.5) is 5.69 Å². The van der Waals surface area contributed by atoms with E-state index in [0.29, 0.717) is 0 Å². The minimum absolute atomic E-state index is 0.831. The molecule has 0 heterocycles. The third-order valence-electron chi connectivity index (χ3n) is 3.73. The SMILES string of the molecule is COc1ccc2cc(-c3cccc(N)c3C)ccc2c1. The molecule has 20 heavy (non-hydrogen) atoms. The van der Waals surface area contributed by atoms with Crippen LogP contribution in [0, 0.1) is 6.92 Å². The van der Waals surface area contributed by atoms with Crippen LogP contribution < -0.4 is 10.5 Å². The number of hydrogen-bond donors (Lipinski definition) is 1. The maximum atomic E-state index is 5.99. The number of hydrogen-bond acceptors (Lipinski definition) is 2. The molecule has 2 heteroatoms. The zero-order chi connectivity index (χ0) is 14.1. The number of nitrogen functional groups attached to an aromatic ring is 1. The fourth-order valence-corrected chi connectivity index (χ4v) is 2.48. The molecule has 0 spiro atoms. The molecule has 0 aliphatic carbocycles. The average Bonchev–Trinajstić information content (AvgIpc) is 2.49. The van der Waals surface area contributed by atoms with Crippen molar-refractivity contribution in [1.82, 2.24) is 0 Å². The summed E-state index contributed by atoms with van der Waals surface area (Å²) < 4.78 is 5.26. The lowest BCUT2D eigenvalue weighted by atomic mass is 9.97. The lowest BCUT2D eigenvalue weighted by Gasteiger charge is -2.10. The molecule has 0 unspecified atom stereocenters. The summed E-state index contributed by atoms with van der Waals surface area (Å²) >= 11 is 0. The van der Waals surface area contributed by atoms with Crippen molar-refractivity contribution < 1.29 is 4.74 Å². The molecule has 0 aliphatic rings. The van der Waals surface area contributed by atoms with Crippen LogP contribution in [0.5, 0.6) is 5.75 Å². The van der Waals surface area contributed by atoms with Gasteiger partial charge in [-0.25, -0.2) is 0 Å². The number of methoxy groups -OCH3 is 1. The lowest BCUT2D eigenvalue weighted by molar-refractivity contribution is 0.415. The van der Waals surface area contributed by atoms with Crippen LogP contribution in [0.1, 0.15) is 5.56 Å². The maximum Gasteiger partial charge on any atom is 0.119 e. The molecule has 0 saturated heterocycles. The molecule has 3 aromatic rings. The Balaban J connectivity index is 2.16. The van der Waals surface area contributed by atoms with E-state index in [2.05, 4.69) is 37.3 Å². The Hall–Kier alpha value is -2.48. The van der Waals surface area contributed by atoms with E-state index in [4.69, 9.17) is 10.5 Å². The first-order chi connectivity index (χ1) is 9.69. The Morgan fingerprint density at radius 3 is 2.45 bits per heavy atom. The van der Waals surface area contributed by atoms with E-state index in [1.807, 2.05) is 24.3 Å². The molecule has 3 aromatic carbocycles. The summed E-state index contributed by atoms with van der Waals surface area (Å²) in [5, 5.41) is 2.37. The van der Waals surface area contributed by atoms with Crippen LogP contribution in [0.25, 0.3) is 21.9 Å². The van der Waals surface area contributed by atoms with Gasteiger partial charge in [-0.15, -0.1) is 0 Å². The Labute approximate surface area is 118 Å². The summed E-state index contributed by atoms with van der Waals surface area (Å²) in [5.74, 6) is 0.880. The summed E-state index contributed by atoms with van der Waals surface area (Å²) in [4.78, 5) is 0. The average molecular weight is 263 g/mol. The van der Waals surface area contributed by atoms with Crippen molar-refractivity contribution in [2.24, 2.45) is 0 Å². The quantitative estimate of drug-likeness (QED) is 0.695. The molecule has 0 amide bonds. The highest BCUT2D eigenvalue weighted by molar-refractivity contribution is 5.89. The maximum absolute atomic E-state index is 5.99. The van der Waals surface area contributed by atoms with Gasteiger partial charge in [-0.2, -0.15) is 0 Å². The van der Waals surface area contributed by atoms with E-state index in [1.54, 1.807) is 7.11 Å². The fraction of sp³-hybridized carbons (Fsp3) is 0.111. The number of fused-ring (bicyclic) bond motifs is 1. The molecule has 0 radical (unpaired) electrons. The van der Waals surface area contributed by atoms with Crippen LogP contribution in [0.15, 0.2) is 54.6 Å². The molecule has 0 aromatic heterocycles. The minimum Gasteiger partial charge on any atom is -0.497 e. The van der Waals surface area contributed by atoms with Crippen LogP contribution in [-0.4, -0.2) is 7.11 Å². The predicted molar refractivity (Wildman–Crippen MR) is 85.1 cm³/mol. The summed E-state index contributed by atoms with van der Waals surface area (Å²) in [6.07, 6.45) is 0. The van der Waals surface area contributed by atoms with Crippen LogP contribution in [0.2, 0.25) is 0 Å². The molecular weight excluding hydrogens is 246 g/mol. The van der Waals surface area contributed by atoms with Gasteiger partial charge in [0.2, 0.25) is 0 Å². The largest absolute Gasteiger partial charge is 0.497 e. The van der Waals surface area contributed by atoms with Crippen molar-refractivity contribution in [3.63, 3.8) is 0 Å². The molecular formula is C18H17NO. The summed E-state index contributed by atoms with van der Waals surface area (Å²) in [6.45, 7) is 2.06. The Morgan fingerprint density at radius 1 is 0.900 bits per heavy atom. The molecule has 2 nitrogen and oxygen atoms in total. The number of anilines is 1. The molecule has 0 fully saturated rings. The van der Waals surface area contributed by atoms with Crippen molar-refractivity contribution in [2.45, 2.75) is 6.92 Å². The van der Waals surface area contributed by atoms with Gasteiger partial charge in [-0.1, -0.05) is 30.3 Å². The molecule has 0 bridgehead atoms. The first-order valence-corrected chi connectivity index (χ1v) is 6.62. The summed E-state index contributed by atoms with van der Waals surface area (Å²) in [5.41, 5.74) is 10.3.